The smallest absolute Gasteiger partial charge is 0.264 e. The fourth-order valence-corrected chi connectivity index (χ4v) is 3.92. The lowest BCUT2D eigenvalue weighted by atomic mass is 10.2. The van der Waals surface area contributed by atoms with Crippen molar-refractivity contribution >= 4 is 27.3 Å². The number of anilines is 2. The van der Waals surface area contributed by atoms with Crippen molar-refractivity contribution in [2.75, 3.05) is 23.3 Å². The van der Waals surface area contributed by atoms with E-state index in [2.05, 4.69) is 11.9 Å². The Morgan fingerprint density at radius 1 is 1.23 bits per heavy atom. The number of rotatable bonds is 7. The van der Waals surface area contributed by atoms with Crippen molar-refractivity contribution in [2.45, 2.75) is 18.7 Å². The number of nitrogens with one attached hydrogen (secondary N) is 1. The number of nitrogens with zero attached hydrogens (tertiary/aromatic N) is 1. The van der Waals surface area contributed by atoms with Crippen LogP contribution in [0.5, 0.6) is 5.75 Å². The number of methoxy groups -OCH3 is 1. The summed E-state index contributed by atoms with van der Waals surface area (Å²) in [6.45, 7) is 7.02. The van der Waals surface area contributed by atoms with Gasteiger partial charge in [0.05, 0.1) is 24.2 Å². The average Bonchev–Trinajstić information content (AvgIpc) is 2.59. The molecule has 0 aliphatic carbocycles. The fourth-order valence-electron chi connectivity index (χ4n) is 2.48. The van der Waals surface area contributed by atoms with E-state index in [0.29, 0.717) is 17.1 Å². The molecule has 2 aromatic rings. The minimum absolute atomic E-state index is 0.0929. The number of hydrogen-bond donors (Lipinski definition) is 1. The minimum Gasteiger partial charge on any atom is -0.495 e. The van der Waals surface area contributed by atoms with Crippen LogP contribution in [0, 0.1) is 6.92 Å². The standard InChI is InChI=1S/C19H22N2O4S/c1-5-12-21(18-13-14(2)6-11-19(18)25-4)26(23,24)17-9-7-16(8-10-17)20-15(3)22/h5-11,13H,1,12H2,2-4H3,(H,20,22). The van der Waals surface area contributed by atoms with E-state index >= 15 is 0 Å². The van der Waals surface area contributed by atoms with Gasteiger partial charge in [0.1, 0.15) is 5.75 Å². The van der Waals surface area contributed by atoms with E-state index in [1.807, 2.05) is 13.0 Å². The lowest BCUT2D eigenvalue weighted by molar-refractivity contribution is -0.114. The summed E-state index contributed by atoms with van der Waals surface area (Å²) in [6, 6.07) is 11.4. The van der Waals surface area contributed by atoms with Gasteiger partial charge in [-0.3, -0.25) is 9.10 Å². The van der Waals surface area contributed by atoms with Gasteiger partial charge in [-0.15, -0.1) is 6.58 Å². The zero-order valence-corrected chi connectivity index (χ0v) is 15.8. The molecule has 1 N–H and O–H groups in total. The number of carbonyl (C=O) groups is 1. The quantitative estimate of drug-likeness (QED) is 0.754. The Labute approximate surface area is 154 Å². The molecule has 7 heteroatoms. The number of aryl methyl sites for hydroxylation is 1. The largest absolute Gasteiger partial charge is 0.495 e. The van der Waals surface area contributed by atoms with Crippen LogP contribution in [0.2, 0.25) is 0 Å². The summed E-state index contributed by atoms with van der Waals surface area (Å²) in [5.74, 6) is 0.231. The molecule has 0 aromatic heterocycles. The second-order valence-corrected chi connectivity index (χ2v) is 7.57. The zero-order valence-electron chi connectivity index (χ0n) is 15.0. The first-order valence-electron chi connectivity index (χ1n) is 7.95. The third kappa shape index (κ3) is 4.23. The highest BCUT2D eigenvalue weighted by Gasteiger charge is 2.26. The van der Waals surface area contributed by atoms with E-state index in [4.69, 9.17) is 4.74 Å². The topological polar surface area (TPSA) is 75.7 Å². The summed E-state index contributed by atoms with van der Waals surface area (Å²) in [6.07, 6.45) is 1.52. The molecule has 0 spiro atoms. The van der Waals surface area contributed by atoms with Crippen molar-refractivity contribution in [3.63, 3.8) is 0 Å². The van der Waals surface area contributed by atoms with Gasteiger partial charge in [0.15, 0.2) is 0 Å². The van der Waals surface area contributed by atoms with Crippen LogP contribution in [0.4, 0.5) is 11.4 Å². The second-order valence-electron chi connectivity index (χ2n) is 5.71. The van der Waals surface area contributed by atoms with E-state index < -0.39 is 10.0 Å². The van der Waals surface area contributed by atoms with Gasteiger partial charge < -0.3 is 10.1 Å². The SMILES string of the molecule is C=CCN(c1cc(C)ccc1OC)S(=O)(=O)c1ccc(NC(C)=O)cc1. The molecule has 0 heterocycles. The third-order valence-corrected chi connectivity index (χ3v) is 5.45. The van der Waals surface area contributed by atoms with Crippen LogP contribution in [-0.2, 0) is 14.8 Å². The van der Waals surface area contributed by atoms with Crippen LogP contribution >= 0.6 is 0 Å². The number of hydrogen-bond acceptors (Lipinski definition) is 4. The van der Waals surface area contributed by atoms with Crippen molar-refractivity contribution in [1.29, 1.82) is 0 Å². The van der Waals surface area contributed by atoms with Gasteiger partial charge in [0.25, 0.3) is 10.0 Å². The predicted octanol–water partition coefficient (Wildman–Crippen LogP) is 3.34. The van der Waals surface area contributed by atoms with Gasteiger partial charge in [-0.05, 0) is 48.9 Å². The van der Waals surface area contributed by atoms with Crippen LogP contribution < -0.4 is 14.4 Å². The minimum atomic E-state index is -3.84. The monoisotopic (exact) mass is 374 g/mol. The van der Waals surface area contributed by atoms with Gasteiger partial charge >= 0.3 is 0 Å². The Kier molecular flexibility index (Phi) is 6.05. The van der Waals surface area contributed by atoms with Crippen LogP contribution in [-0.4, -0.2) is 28.0 Å². The molecule has 2 aromatic carbocycles. The van der Waals surface area contributed by atoms with Gasteiger partial charge in [-0.25, -0.2) is 8.42 Å². The van der Waals surface area contributed by atoms with Crippen molar-refractivity contribution in [3.05, 3.63) is 60.7 Å². The Bertz CT molecular complexity index is 906. The average molecular weight is 374 g/mol. The Morgan fingerprint density at radius 2 is 1.88 bits per heavy atom. The summed E-state index contributed by atoms with van der Waals surface area (Å²) >= 11 is 0. The van der Waals surface area contributed by atoms with E-state index in [0.717, 1.165) is 5.56 Å². The summed E-state index contributed by atoms with van der Waals surface area (Å²) < 4.78 is 32.9. The van der Waals surface area contributed by atoms with E-state index in [-0.39, 0.29) is 17.3 Å². The molecule has 0 saturated carbocycles. The summed E-state index contributed by atoms with van der Waals surface area (Å²) in [5.41, 5.74) is 1.88. The molecular formula is C19H22N2O4S. The number of amides is 1. The highest BCUT2D eigenvalue weighted by atomic mass is 32.2. The molecule has 138 valence electrons. The zero-order chi connectivity index (χ0) is 19.3. The van der Waals surface area contributed by atoms with Gasteiger partial charge in [-0.2, -0.15) is 0 Å². The van der Waals surface area contributed by atoms with Gasteiger partial charge in [-0.1, -0.05) is 12.1 Å². The third-order valence-electron chi connectivity index (χ3n) is 3.66. The maximum Gasteiger partial charge on any atom is 0.264 e. The van der Waals surface area contributed by atoms with Gasteiger partial charge in [0, 0.05) is 12.6 Å². The number of carbonyl (C=O) groups excluding carboxylic acids is 1. The normalized spacial score (nSPS) is 10.9. The molecule has 0 aliphatic heterocycles. The molecule has 2 rings (SSSR count). The molecule has 1 amide bonds. The number of benzene rings is 2. The van der Waals surface area contributed by atoms with Crippen molar-refractivity contribution < 1.29 is 17.9 Å². The summed E-state index contributed by atoms with van der Waals surface area (Å²) in [7, 11) is -2.35. The van der Waals surface area contributed by atoms with Crippen LogP contribution in [0.3, 0.4) is 0 Å². The molecule has 0 unspecified atom stereocenters. The summed E-state index contributed by atoms with van der Waals surface area (Å²) in [5, 5.41) is 2.61. The molecule has 0 saturated heterocycles. The molecule has 0 radical (unpaired) electrons. The van der Waals surface area contributed by atoms with E-state index in [1.165, 1.54) is 36.5 Å². The molecule has 0 fully saturated rings. The molecular weight excluding hydrogens is 352 g/mol. The molecule has 0 atom stereocenters. The summed E-state index contributed by atoms with van der Waals surface area (Å²) in [4.78, 5) is 11.2. The second kappa shape index (κ2) is 8.05. The number of sulfonamides is 1. The van der Waals surface area contributed by atoms with E-state index in [1.54, 1.807) is 24.3 Å². The maximum atomic E-state index is 13.2. The highest BCUT2D eigenvalue weighted by molar-refractivity contribution is 7.92. The van der Waals surface area contributed by atoms with E-state index in [9.17, 15) is 13.2 Å². The lowest BCUT2D eigenvalue weighted by Crippen LogP contribution is -2.31. The van der Waals surface area contributed by atoms with Gasteiger partial charge in [0.2, 0.25) is 5.91 Å². The highest BCUT2D eigenvalue weighted by Crippen LogP contribution is 2.33. The molecule has 26 heavy (non-hydrogen) atoms. The number of ether oxygens (including phenoxy) is 1. The van der Waals surface area contributed by atoms with Crippen LogP contribution in [0.1, 0.15) is 12.5 Å². The Morgan fingerprint density at radius 3 is 2.42 bits per heavy atom. The first-order valence-corrected chi connectivity index (χ1v) is 9.39. The molecule has 0 aliphatic rings. The van der Waals surface area contributed by atoms with Crippen LogP contribution in [0.25, 0.3) is 0 Å². The first-order chi connectivity index (χ1) is 12.3. The predicted molar refractivity (Wildman–Crippen MR) is 103 cm³/mol. The Hall–Kier alpha value is -2.80. The van der Waals surface area contributed by atoms with Crippen molar-refractivity contribution in [2.24, 2.45) is 0 Å². The lowest BCUT2D eigenvalue weighted by Gasteiger charge is -2.25. The van der Waals surface area contributed by atoms with Crippen molar-refractivity contribution in [3.8, 4) is 5.75 Å². The molecule has 0 bridgehead atoms. The first kappa shape index (κ1) is 19.5. The Balaban J connectivity index is 2.50. The van der Waals surface area contributed by atoms with Crippen LogP contribution in [0.15, 0.2) is 60.0 Å². The fraction of sp³-hybridized carbons (Fsp3) is 0.211. The maximum absolute atomic E-state index is 13.2. The molecule has 6 nitrogen and oxygen atoms in total. The van der Waals surface area contributed by atoms with Crippen molar-refractivity contribution in [1.82, 2.24) is 0 Å².